The minimum atomic E-state index is -0.681. The molecule has 7 heteroatoms. The molecule has 0 fully saturated rings. The van der Waals surface area contributed by atoms with Gasteiger partial charge in [-0.15, -0.1) is 0 Å². The molecule has 0 aromatic rings. The lowest BCUT2D eigenvalue weighted by molar-refractivity contribution is 0.0898. The van der Waals surface area contributed by atoms with Crippen molar-refractivity contribution in [1.29, 1.82) is 0 Å². The van der Waals surface area contributed by atoms with Crippen LogP contribution in [0.3, 0.4) is 0 Å². The van der Waals surface area contributed by atoms with E-state index >= 15 is 0 Å². The third kappa shape index (κ3) is 113. The molecule has 0 aromatic carbocycles. The fourth-order valence-electron chi connectivity index (χ4n) is 1.59. The van der Waals surface area contributed by atoms with Gasteiger partial charge < -0.3 is 36.6 Å². The van der Waals surface area contributed by atoms with Gasteiger partial charge in [0.1, 0.15) is 0 Å². The van der Waals surface area contributed by atoms with E-state index in [2.05, 4.69) is 83.2 Å². The van der Waals surface area contributed by atoms with Crippen LogP contribution in [-0.2, 0) is 0 Å². The van der Waals surface area contributed by atoms with Crippen molar-refractivity contribution in [1.82, 2.24) is 25.8 Å². The molecule has 32 heavy (non-hydrogen) atoms. The number of nitrogens with one attached hydrogen (secondary N) is 3. The van der Waals surface area contributed by atoms with Crippen LogP contribution in [0.5, 0.6) is 0 Å². The Labute approximate surface area is 205 Å². The first kappa shape index (κ1) is 45.3. The fourth-order valence-corrected chi connectivity index (χ4v) is 1.59. The summed E-state index contributed by atoms with van der Waals surface area (Å²) in [4.78, 5) is 4.38. The standard InChI is InChI=1S/2C6H15N.C4H11NO.C4H11N.C3H9N.C2H7N/c1-5(2)7-6(3)4;1-4-7(5-2)6-3;1-4(2,6)3-5;1-3-5-4-2;1-4(2)3;1-3-2/h5-7H,1-4H3;4-6H2,1-3H3;6H,3,5H2,1-2H3;5H,3-4H2,1-2H3;1-3H3;3H,1-2H3. The molecule has 0 aromatic heterocycles. The van der Waals surface area contributed by atoms with Crippen LogP contribution in [0.2, 0.25) is 0 Å². The van der Waals surface area contributed by atoms with Crippen LogP contribution in [0.25, 0.3) is 0 Å². The Morgan fingerprint density at radius 3 is 1.00 bits per heavy atom. The largest absolute Gasteiger partial charge is 0.389 e. The number of aliphatic hydroxyl groups is 1. The van der Waals surface area contributed by atoms with Gasteiger partial charge >= 0.3 is 0 Å². The lowest BCUT2D eigenvalue weighted by atomic mass is 10.1. The second-order valence-corrected chi connectivity index (χ2v) is 8.91. The van der Waals surface area contributed by atoms with Crippen LogP contribution in [0, 0.1) is 0 Å². The van der Waals surface area contributed by atoms with Gasteiger partial charge in [0, 0.05) is 18.6 Å². The Hall–Kier alpha value is -0.280. The average molecular weight is 469 g/mol. The van der Waals surface area contributed by atoms with Crippen LogP contribution in [0.15, 0.2) is 0 Å². The normalized spacial score (nSPS) is 9.94. The van der Waals surface area contributed by atoms with Gasteiger partial charge in [-0.3, -0.25) is 0 Å². The van der Waals surface area contributed by atoms with Gasteiger partial charge in [-0.1, -0.05) is 62.3 Å². The maximum absolute atomic E-state index is 8.70. The molecule has 0 saturated carbocycles. The molecule has 0 radical (unpaired) electrons. The summed E-state index contributed by atoms with van der Waals surface area (Å²) in [5, 5.41) is 17.9. The van der Waals surface area contributed by atoms with E-state index in [0.717, 1.165) is 13.1 Å². The minimum Gasteiger partial charge on any atom is -0.389 e. The van der Waals surface area contributed by atoms with Gasteiger partial charge in [0.15, 0.2) is 0 Å². The Morgan fingerprint density at radius 2 is 1.00 bits per heavy atom. The lowest BCUT2D eigenvalue weighted by Crippen LogP contribution is -2.29. The third-order valence-electron chi connectivity index (χ3n) is 3.01. The Kier molecular flexibility index (Phi) is 53.7. The first-order valence-electron chi connectivity index (χ1n) is 12.4. The van der Waals surface area contributed by atoms with E-state index < -0.39 is 5.60 Å². The van der Waals surface area contributed by atoms with E-state index in [1.165, 1.54) is 19.6 Å². The van der Waals surface area contributed by atoms with Crippen molar-refractivity contribution in [2.24, 2.45) is 5.73 Å². The van der Waals surface area contributed by atoms with Crippen molar-refractivity contribution in [2.45, 2.75) is 93.8 Å². The zero-order chi connectivity index (χ0) is 27.2. The molecule has 0 heterocycles. The van der Waals surface area contributed by atoms with E-state index in [1.807, 2.05) is 40.1 Å². The van der Waals surface area contributed by atoms with E-state index in [-0.39, 0.29) is 0 Å². The van der Waals surface area contributed by atoms with E-state index in [1.54, 1.807) is 13.8 Å². The fraction of sp³-hybridized carbons (Fsp3) is 1.00. The minimum absolute atomic E-state index is 0.326. The van der Waals surface area contributed by atoms with Gasteiger partial charge in [0.25, 0.3) is 0 Å². The highest BCUT2D eigenvalue weighted by Gasteiger charge is 2.06. The predicted molar refractivity (Wildman–Crippen MR) is 151 cm³/mol. The molecule has 0 atom stereocenters. The molecule has 0 unspecified atom stereocenters. The molecule has 0 rings (SSSR count). The highest BCUT2D eigenvalue weighted by atomic mass is 16.3. The SMILES string of the molecule is CC(C)(O)CN.CC(C)NC(C)C.CCN(CC)CC.CCNCC.CN(C)C.CNC. The number of hydrogen-bond acceptors (Lipinski definition) is 7. The van der Waals surface area contributed by atoms with Gasteiger partial charge in [0.05, 0.1) is 5.60 Å². The predicted octanol–water partition coefficient (Wildman–Crippen LogP) is 3.09. The number of nitrogens with two attached hydrogens (primary N) is 1. The molecule has 0 saturated heterocycles. The molecule has 0 aliphatic heterocycles. The molecule has 0 aliphatic rings. The van der Waals surface area contributed by atoms with Crippen LogP contribution in [0.1, 0.15) is 76.2 Å². The van der Waals surface area contributed by atoms with Crippen molar-refractivity contribution in [3.63, 3.8) is 0 Å². The maximum atomic E-state index is 8.70. The summed E-state index contributed by atoms with van der Waals surface area (Å²) in [6.45, 7) is 28.8. The zero-order valence-corrected chi connectivity index (χ0v) is 25.3. The van der Waals surface area contributed by atoms with Crippen LogP contribution >= 0.6 is 0 Å². The lowest BCUT2D eigenvalue weighted by Gasteiger charge is -2.13. The van der Waals surface area contributed by atoms with Crippen molar-refractivity contribution in [3.05, 3.63) is 0 Å². The van der Waals surface area contributed by atoms with Crippen LogP contribution in [0.4, 0.5) is 0 Å². The number of hydrogen-bond donors (Lipinski definition) is 5. The molecular formula is C25H68N6O. The van der Waals surface area contributed by atoms with Crippen molar-refractivity contribution in [3.8, 4) is 0 Å². The molecule has 204 valence electrons. The summed E-state index contributed by atoms with van der Waals surface area (Å²) in [7, 11) is 9.75. The van der Waals surface area contributed by atoms with E-state index in [0.29, 0.717) is 18.6 Å². The topological polar surface area (TPSA) is 88.8 Å². The third-order valence-corrected chi connectivity index (χ3v) is 3.01. The zero-order valence-electron chi connectivity index (χ0n) is 25.3. The van der Waals surface area contributed by atoms with Crippen molar-refractivity contribution in [2.75, 3.05) is 74.5 Å². The summed E-state index contributed by atoms with van der Waals surface area (Å²) >= 11 is 0. The first-order valence-corrected chi connectivity index (χ1v) is 12.4. The Morgan fingerprint density at radius 1 is 0.781 bits per heavy atom. The summed E-state index contributed by atoms with van der Waals surface area (Å²) in [6, 6.07) is 1.25. The van der Waals surface area contributed by atoms with E-state index in [4.69, 9.17) is 10.8 Å². The quantitative estimate of drug-likeness (QED) is 0.374. The molecule has 6 N–H and O–H groups in total. The average Bonchev–Trinajstić information content (AvgIpc) is 2.64. The second kappa shape index (κ2) is 38.0. The Balaban J connectivity index is -0.0000000648. The van der Waals surface area contributed by atoms with Crippen molar-refractivity contribution >= 4 is 0 Å². The summed E-state index contributed by atoms with van der Waals surface area (Å²) in [5.74, 6) is 0. The summed E-state index contributed by atoms with van der Waals surface area (Å²) in [6.07, 6.45) is 0. The van der Waals surface area contributed by atoms with Gasteiger partial charge in [-0.2, -0.15) is 0 Å². The second-order valence-electron chi connectivity index (χ2n) is 8.91. The Bertz CT molecular complexity index is 249. The van der Waals surface area contributed by atoms with E-state index in [9.17, 15) is 0 Å². The molecule has 0 aliphatic carbocycles. The van der Waals surface area contributed by atoms with Gasteiger partial charge in [0.2, 0.25) is 0 Å². The number of rotatable bonds is 8. The van der Waals surface area contributed by atoms with Gasteiger partial charge in [-0.25, -0.2) is 0 Å². The summed E-state index contributed by atoms with van der Waals surface area (Å²) in [5.41, 5.74) is 4.38. The van der Waals surface area contributed by atoms with Crippen molar-refractivity contribution < 1.29 is 5.11 Å². The van der Waals surface area contributed by atoms with Gasteiger partial charge in [-0.05, 0) is 81.8 Å². The highest BCUT2D eigenvalue weighted by molar-refractivity contribution is 4.63. The monoisotopic (exact) mass is 469 g/mol. The maximum Gasteiger partial charge on any atom is 0.0713 e. The van der Waals surface area contributed by atoms with Crippen LogP contribution < -0.4 is 21.7 Å². The number of nitrogens with zero attached hydrogens (tertiary/aromatic N) is 2. The molecular weight excluding hydrogens is 400 g/mol. The van der Waals surface area contributed by atoms with Crippen LogP contribution in [-0.4, -0.2) is 107 Å². The molecule has 7 nitrogen and oxygen atoms in total. The first-order chi connectivity index (χ1) is 14.6. The summed E-state index contributed by atoms with van der Waals surface area (Å²) < 4.78 is 0. The smallest absolute Gasteiger partial charge is 0.0713 e. The molecule has 0 bridgehead atoms. The highest BCUT2D eigenvalue weighted by Crippen LogP contribution is 1.93. The molecule has 0 amide bonds. The molecule has 0 spiro atoms.